The minimum absolute atomic E-state index is 0.112. The van der Waals surface area contributed by atoms with Crippen LogP contribution < -0.4 is 10.2 Å². The third kappa shape index (κ3) is 3.15. The summed E-state index contributed by atoms with van der Waals surface area (Å²) < 4.78 is 27.5. The van der Waals surface area contributed by atoms with Crippen molar-refractivity contribution in [2.45, 2.75) is 17.7 Å². The fourth-order valence-electron chi connectivity index (χ4n) is 3.43. The van der Waals surface area contributed by atoms with Gasteiger partial charge in [-0.3, -0.25) is 9.59 Å². The average molecular weight is 406 g/mol. The van der Waals surface area contributed by atoms with Gasteiger partial charge in [0, 0.05) is 31.9 Å². The quantitative estimate of drug-likeness (QED) is 0.788. The molecule has 2 aliphatic heterocycles. The number of hydrogen-bond acceptors (Lipinski definition) is 6. The van der Waals surface area contributed by atoms with E-state index in [9.17, 15) is 18.0 Å². The van der Waals surface area contributed by atoms with Gasteiger partial charge in [0.1, 0.15) is 0 Å². The number of piperazine rings is 1. The number of thiophene rings is 1. The van der Waals surface area contributed by atoms with E-state index >= 15 is 0 Å². The van der Waals surface area contributed by atoms with E-state index in [4.69, 9.17) is 0 Å². The van der Waals surface area contributed by atoms with Gasteiger partial charge < -0.3 is 10.2 Å². The van der Waals surface area contributed by atoms with E-state index in [1.807, 2.05) is 6.07 Å². The molecule has 27 heavy (non-hydrogen) atoms. The maximum absolute atomic E-state index is 13.0. The van der Waals surface area contributed by atoms with E-state index in [1.54, 1.807) is 31.2 Å². The number of rotatable bonds is 4. The van der Waals surface area contributed by atoms with E-state index < -0.39 is 10.0 Å². The predicted molar refractivity (Wildman–Crippen MR) is 104 cm³/mol. The third-order valence-corrected chi connectivity index (χ3v) is 8.02. The summed E-state index contributed by atoms with van der Waals surface area (Å²) in [7, 11) is -3.61. The highest BCUT2D eigenvalue weighted by Crippen LogP contribution is 2.34. The van der Waals surface area contributed by atoms with Crippen molar-refractivity contribution in [2.24, 2.45) is 0 Å². The molecule has 1 amide bonds. The van der Waals surface area contributed by atoms with Gasteiger partial charge in [-0.15, -0.1) is 11.3 Å². The molecule has 0 saturated carbocycles. The van der Waals surface area contributed by atoms with Gasteiger partial charge in [0.2, 0.25) is 15.9 Å². The van der Waals surface area contributed by atoms with Crippen LogP contribution in [0, 0.1) is 0 Å². The molecule has 0 spiro atoms. The van der Waals surface area contributed by atoms with Crippen LogP contribution in [0.4, 0.5) is 10.7 Å². The first-order valence-corrected chi connectivity index (χ1v) is 10.9. The average Bonchev–Trinajstić information content (AvgIpc) is 3.27. The Kier molecular flexibility index (Phi) is 4.53. The maximum atomic E-state index is 13.0. The molecule has 2 aliphatic rings. The summed E-state index contributed by atoms with van der Waals surface area (Å²) >= 11 is 1.41. The molecule has 4 rings (SSSR count). The monoisotopic (exact) mass is 405 g/mol. The lowest BCUT2D eigenvalue weighted by molar-refractivity contribution is -0.116. The molecule has 1 aromatic heterocycles. The molecule has 1 aromatic carbocycles. The topological polar surface area (TPSA) is 86.8 Å². The van der Waals surface area contributed by atoms with Crippen LogP contribution in [0.1, 0.15) is 28.1 Å². The van der Waals surface area contributed by atoms with Crippen LogP contribution in [0.2, 0.25) is 0 Å². The minimum Gasteiger partial charge on any atom is -0.361 e. The molecule has 0 aliphatic carbocycles. The Hall–Kier alpha value is -2.23. The number of aldehydes is 1. The molecule has 0 bridgehead atoms. The Bertz CT molecular complexity index is 1010. The molecule has 0 unspecified atom stereocenters. The van der Waals surface area contributed by atoms with Crippen LogP contribution in [0.15, 0.2) is 35.2 Å². The number of hydrogen-bond donors (Lipinski definition) is 1. The van der Waals surface area contributed by atoms with Gasteiger partial charge in [-0.05, 0) is 42.8 Å². The molecule has 7 nitrogen and oxygen atoms in total. The Morgan fingerprint density at radius 2 is 1.89 bits per heavy atom. The second-order valence-electron chi connectivity index (χ2n) is 6.64. The molecule has 142 valence electrons. The normalized spacial score (nSPS) is 20.4. The summed E-state index contributed by atoms with van der Waals surface area (Å²) in [5.41, 5.74) is 1.40. The number of fused-ring (bicyclic) bond motifs is 1. The van der Waals surface area contributed by atoms with E-state index in [1.165, 1.54) is 15.6 Å². The first-order chi connectivity index (χ1) is 12.9. The summed E-state index contributed by atoms with van der Waals surface area (Å²) in [5.74, 6) is -0.461. The van der Waals surface area contributed by atoms with Crippen LogP contribution >= 0.6 is 11.3 Å². The van der Waals surface area contributed by atoms with Gasteiger partial charge in [0.15, 0.2) is 6.29 Å². The van der Waals surface area contributed by atoms with Crippen LogP contribution in [0.5, 0.6) is 0 Å². The van der Waals surface area contributed by atoms with E-state index in [0.717, 1.165) is 16.9 Å². The highest BCUT2D eigenvalue weighted by Gasteiger charge is 2.32. The summed E-state index contributed by atoms with van der Waals surface area (Å²) in [5, 5.41) is 3.74. The number of benzene rings is 1. The molecule has 0 radical (unpaired) electrons. The number of anilines is 2. The number of sulfonamides is 1. The Balaban J connectivity index is 1.51. The number of amides is 1. The number of carbonyl (C=O) groups is 2. The van der Waals surface area contributed by atoms with Gasteiger partial charge in [0.25, 0.3) is 0 Å². The number of nitrogens with zero attached hydrogens (tertiary/aromatic N) is 2. The van der Waals surface area contributed by atoms with Crippen LogP contribution in [-0.4, -0.2) is 51.1 Å². The molecule has 9 heteroatoms. The summed E-state index contributed by atoms with van der Waals surface area (Å²) in [6.07, 6.45) is 0.823. The highest BCUT2D eigenvalue weighted by atomic mass is 32.2. The van der Waals surface area contributed by atoms with E-state index in [2.05, 4.69) is 10.2 Å². The molecule has 1 atom stereocenters. The van der Waals surface area contributed by atoms with E-state index in [0.29, 0.717) is 36.7 Å². The first-order valence-electron chi connectivity index (χ1n) is 8.65. The van der Waals surface area contributed by atoms with Crippen molar-refractivity contribution in [2.75, 3.05) is 36.4 Å². The second-order valence-corrected chi connectivity index (χ2v) is 9.68. The first kappa shape index (κ1) is 18.1. The van der Waals surface area contributed by atoms with Crippen molar-refractivity contribution >= 4 is 44.2 Å². The zero-order chi connectivity index (χ0) is 19.2. The van der Waals surface area contributed by atoms with Crippen molar-refractivity contribution in [1.82, 2.24) is 4.31 Å². The standard InChI is InChI=1S/C18H19N3O4S2/c1-12-15-10-14(3-4-16(15)19-18(12)23)27(24,25)21-8-6-20(7-9-21)17-5-2-13(11-22)26-17/h2-5,10-12H,6-9H2,1H3,(H,19,23)/t12-/m0/s1. The fraction of sp³-hybridized carbons (Fsp3) is 0.333. The summed E-state index contributed by atoms with van der Waals surface area (Å²) in [6, 6.07) is 8.48. The van der Waals surface area contributed by atoms with Crippen molar-refractivity contribution in [1.29, 1.82) is 0 Å². The van der Waals surface area contributed by atoms with Crippen molar-refractivity contribution in [3.63, 3.8) is 0 Å². The highest BCUT2D eigenvalue weighted by molar-refractivity contribution is 7.89. The van der Waals surface area contributed by atoms with Gasteiger partial charge in [-0.25, -0.2) is 8.42 Å². The molecule has 2 aromatic rings. The lowest BCUT2D eigenvalue weighted by Crippen LogP contribution is -2.48. The van der Waals surface area contributed by atoms with Gasteiger partial charge in [-0.1, -0.05) is 0 Å². The fourth-order valence-corrected chi connectivity index (χ4v) is 5.76. The molecular weight excluding hydrogens is 386 g/mol. The van der Waals surface area contributed by atoms with Gasteiger partial charge in [-0.2, -0.15) is 4.31 Å². The van der Waals surface area contributed by atoms with Crippen LogP contribution in [0.3, 0.4) is 0 Å². The van der Waals surface area contributed by atoms with Gasteiger partial charge in [0.05, 0.1) is 20.7 Å². The zero-order valence-electron chi connectivity index (χ0n) is 14.7. The van der Waals surface area contributed by atoms with Crippen molar-refractivity contribution in [3.8, 4) is 0 Å². The van der Waals surface area contributed by atoms with Gasteiger partial charge >= 0.3 is 0 Å². The summed E-state index contributed by atoms with van der Waals surface area (Å²) in [6.45, 7) is 3.66. The van der Waals surface area contributed by atoms with Crippen LogP contribution in [-0.2, 0) is 14.8 Å². The van der Waals surface area contributed by atoms with E-state index in [-0.39, 0.29) is 16.7 Å². The molecule has 1 N–H and O–H groups in total. The second kappa shape index (κ2) is 6.74. The Morgan fingerprint density at radius 3 is 2.56 bits per heavy atom. The lowest BCUT2D eigenvalue weighted by atomic mass is 10.0. The van der Waals surface area contributed by atoms with Crippen LogP contribution in [0.25, 0.3) is 0 Å². The van der Waals surface area contributed by atoms with Crippen molar-refractivity contribution < 1.29 is 18.0 Å². The minimum atomic E-state index is -3.61. The lowest BCUT2D eigenvalue weighted by Gasteiger charge is -2.34. The molecule has 1 fully saturated rings. The van der Waals surface area contributed by atoms with Crippen molar-refractivity contribution in [3.05, 3.63) is 40.8 Å². The predicted octanol–water partition coefficient (Wildman–Crippen LogP) is 2.13. The number of carbonyl (C=O) groups excluding carboxylic acids is 2. The molecular formula is C18H19N3O4S2. The smallest absolute Gasteiger partial charge is 0.243 e. The molecule has 1 saturated heterocycles. The third-order valence-electron chi connectivity index (χ3n) is 5.06. The zero-order valence-corrected chi connectivity index (χ0v) is 16.3. The maximum Gasteiger partial charge on any atom is 0.243 e. The Morgan fingerprint density at radius 1 is 1.15 bits per heavy atom. The number of nitrogens with one attached hydrogen (secondary N) is 1. The Labute approximate surface area is 161 Å². The largest absolute Gasteiger partial charge is 0.361 e. The SMILES string of the molecule is C[C@@H]1C(=O)Nc2ccc(S(=O)(=O)N3CCN(c4ccc(C=O)s4)CC3)cc21. The summed E-state index contributed by atoms with van der Waals surface area (Å²) in [4.78, 5) is 25.6. The molecule has 3 heterocycles.